The second kappa shape index (κ2) is 4.73. The van der Waals surface area contributed by atoms with E-state index in [1.165, 1.54) is 38.6 Å². The first kappa shape index (κ1) is 9.01. The lowest BCUT2D eigenvalue weighted by molar-refractivity contribution is 0.343. The number of hydrogen-bond acceptors (Lipinski definition) is 2. The Bertz CT molecular complexity index is 93.0. The Morgan fingerprint density at radius 1 is 1.27 bits per heavy atom. The summed E-state index contributed by atoms with van der Waals surface area (Å²) in [5.74, 6) is 0. The predicted octanol–water partition coefficient (Wildman–Crippen LogP) is 1.26. The lowest BCUT2D eigenvalue weighted by Gasteiger charge is -2.26. The Morgan fingerprint density at radius 3 is 2.45 bits per heavy atom. The Kier molecular flexibility index (Phi) is 3.87. The van der Waals surface area contributed by atoms with Crippen LogP contribution in [0.3, 0.4) is 0 Å². The zero-order valence-corrected chi connectivity index (χ0v) is 7.47. The zero-order valence-electron chi connectivity index (χ0n) is 7.47. The Hall–Kier alpha value is -0.0800. The molecule has 0 aromatic rings. The Morgan fingerprint density at radius 2 is 1.91 bits per heavy atom. The van der Waals surface area contributed by atoms with Gasteiger partial charge in [0.2, 0.25) is 0 Å². The zero-order chi connectivity index (χ0) is 8.10. The standard InChI is InChI=1S/C9H20N2/c1-2-7-11-9-5-3-8(10)4-6-9/h8-9,11H,2-7,10H2,1H3. The number of rotatable bonds is 3. The molecule has 0 atom stereocenters. The van der Waals surface area contributed by atoms with E-state index in [4.69, 9.17) is 5.73 Å². The van der Waals surface area contributed by atoms with Crippen molar-refractivity contribution in [2.75, 3.05) is 6.54 Å². The van der Waals surface area contributed by atoms with Crippen LogP contribution < -0.4 is 11.1 Å². The van der Waals surface area contributed by atoms with E-state index in [1.807, 2.05) is 0 Å². The molecule has 0 bridgehead atoms. The van der Waals surface area contributed by atoms with Gasteiger partial charge >= 0.3 is 0 Å². The Balaban J connectivity index is 2.07. The van der Waals surface area contributed by atoms with Crippen molar-refractivity contribution in [2.45, 2.75) is 51.1 Å². The lowest BCUT2D eigenvalue weighted by Crippen LogP contribution is -2.37. The summed E-state index contributed by atoms with van der Waals surface area (Å²) in [4.78, 5) is 0. The van der Waals surface area contributed by atoms with Crippen molar-refractivity contribution < 1.29 is 0 Å². The summed E-state index contributed by atoms with van der Waals surface area (Å²) in [5.41, 5.74) is 5.80. The third-order valence-electron chi connectivity index (χ3n) is 2.45. The van der Waals surface area contributed by atoms with E-state index < -0.39 is 0 Å². The maximum absolute atomic E-state index is 5.80. The van der Waals surface area contributed by atoms with Gasteiger partial charge in [0.05, 0.1) is 0 Å². The number of nitrogens with two attached hydrogens (primary N) is 1. The molecule has 1 rings (SSSR count). The molecule has 1 saturated carbocycles. The molecule has 0 saturated heterocycles. The van der Waals surface area contributed by atoms with Gasteiger partial charge in [-0.05, 0) is 38.6 Å². The molecular formula is C9H20N2. The molecule has 2 heteroatoms. The van der Waals surface area contributed by atoms with Crippen LogP contribution in [0.4, 0.5) is 0 Å². The average Bonchev–Trinajstić information content (AvgIpc) is 2.04. The lowest BCUT2D eigenvalue weighted by atomic mass is 9.92. The first-order chi connectivity index (χ1) is 5.33. The van der Waals surface area contributed by atoms with Gasteiger partial charge in [-0.15, -0.1) is 0 Å². The fraction of sp³-hybridized carbons (Fsp3) is 1.00. The van der Waals surface area contributed by atoms with Crippen molar-refractivity contribution in [1.29, 1.82) is 0 Å². The molecule has 0 aromatic heterocycles. The highest BCUT2D eigenvalue weighted by molar-refractivity contribution is 4.78. The van der Waals surface area contributed by atoms with Gasteiger partial charge in [-0.25, -0.2) is 0 Å². The average molecular weight is 156 g/mol. The van der Waals surface area contributed by atoms with Crippen molar-refractivity contribution in [3.63, 3.8) is 0 Å². The summed E-state index contributed by atoms with van der Waals surface area (Å²) < 4.78 is 0. The third kappa shape index (κ3) is 3.21. The molecule has 0 unspecified atom stereocenters. The van der Waals surface area contributed by atoms with E-state index in [0.717, 1.165) is 6.04 Å². The van der Waals surface area contributed by atoms with Crippen molar-refractivity contribution in [1.82, 2.24) is 5.32 Å². The van der Waals surface area contributed by atoms with Crippen LogP contribution in [0.5, 0.6) is 0 Å². The molecular weight excluding hydrogens is 136 g/mol. The first-order valence-corrected chi connectivity index (χ1v) is 4.82. The summed E-state index contributed by atoms with van der Waals surface area (Å²) in [5, 5.41) is 3.54. The predicted molar refractivity (Wildman–Crippen MR) is 48.5 cm³/mol. The molecule has 66 valence electrons. The van der Waals surface area contributed by atoms with E-state index in [0.29, 0.717) is 6.04 Å². The van der Waals surface area contributed by atoms with Gasteiger partial charge in [0, 0.05) is 12.1 Å². The van der Waals surface area contributed by atoms with Gasteiger partial charge in [-0.1, -0.05) is 6.92 Å². The molecule has 0 aliphatic heterocycles. The van der Waals surface area contributed by atoms with Crippen molar-refractivity contribution in [3.8, 4) is 0 Å². The van der Waals surface area contributed by atoms with Crippen LogP contribution in [-0.4, -0.2) is 18.6 Å². The van der Waals surface area contributed by atoms with Crippen LogP contribution in [-0.2, 0) is 0 Å². The van der Waals surface area contributed by atoms with Gasteiger partial charge < -0.3 is 11.1 Å². The molecule has 11 heavy (non-hydrogen) atoms. The topological polar surface area (TPSA) is 38.0 Å². The molecule has 0 radical (unpaired) electrons. The molecule has 0 heterocycles. The van der Waals surface area contributed by atoms with Crippen LogP contribution in [0.15, 0.2) is 0 Å². The fourth-order valence-electron chi connectivity index (χ4n) is 1.67. The minimum atomic E-state index is 0.481. The highest BCUT2D eigenvalue weighted by Crippen LogP contribution is 2.16. The molecule has 1 aliphatic rings. The summed E-state index contributed by atoms with van der Waals surface area (Å²) in [7, 11) is 0. The van der Waals surface area contributed by atoms with Crippen LogP contribution in [0.25, 0.3) is 0 Å². The summed E-state index contributed by atoms with van der Waals surface area (Å²) >= 11 is 0. The van der Waals surface area contributed by atoms with Crippen molar-refractivity contribution in [2.24, 2.45) is 5.73 Å². The van der Waals surface area contributed by atoms with Gasteiger partial charge in [0.1, 0.15) is 0 Å². The first-order valence-electron chi connectivity index (χ1n) is 4.82. The SMILES string of the molecule is CCCNC1CCC(N)CC1. The minimum Gasteiger partial charge on any atom is -0.328 e. The van der Waals surface area contributed by atoms with Gasteiger partial charge in [-0.2, -0.15) is 0 Å². The molecule has 2 nitrogen and oxygen atoms in total. The smallest absolute Gasteiger partial charge is 0.00682 e. The number of nitrogens with one attached hydrogen (secondary N) is 1. The van der Waals surface area contributed by atoms with Crippen LogP contribution in [0.2, 0.25) is 0 Å². The molecule has 1 aliphatic carbocycles. The van der Waals surface area contributed by atoms with E-state index in [1.54, 1.807) is 0 Å². The second-order valence-electron chi connectivity index (χ2n) is 3.57. The summed E-state index contributed by atoms with van der Waals surface area (Å²) in [6.07, 6.45) is 6.22. The molecule has 3 N–H and O–H groups in total. The van der Waals surface area contributed by atoms with Crippen LogP contribution in [0.1, 0.15) is 39.0 Å². The van der Waals surface area contributed by atoms with Crippen LogP contribution >= 0.6 is 0 Å². The second-order valence-corrected chi connectivity index (χ2v) is 3.57. The van der Waals surface area contributed by atoms with Crippen LogP contribution in [0, 0.1) is 0 Å². The van der Waals surface area contributed by atoms with Gasteiger partial charge in [-0.3, -0.25) is 0 Å². The molecule has 0 amide bonds. The normalized spacial score (nSPS) is 32.2. The van der Waals surface area contributed by atoms with Gasteiger partial charge in [0.25, 0.3) is 0 Å². The van der Waals surface area contributed by atoms with E-state index in [-0.39, 0.29) is 0 Å². The quantitative estimate of drug-likeness (QED) is 0.645. The fourth-order valence-corrected chi connectivity index (χ4v) is 1.67. The van der Waals surface area contributed by atoms with E-state index >= 15 is 0 Å². The summed E-state index contributed by atoms with van der Waals surface area (Å²) in [6, 6.07) is 1.24. The summed E-state index contributed by atoms with van der Waals surface area (Å²) in [6.45, 7) is 3.38. The third-order valence-corrected chi connectivity index (χ3v) is 2.45. The van der Waals surface area contributed by atoms with Crippen molar-refractivity contribution in [3.05, 3.63) is 0 Å². The molecule has 0 spiro atoms. The highest BCUT2D eigenvalue weighted by atomic mass is 14.9. The minimum absolute atomic E-state index is 0.481. The maximum atomic E-state index is 5.80. The largest absolute Gasteiger partial charge is 0.328 e. The highest BCUT2D eigenvalue weighted by Gasteiger charge is 2.16. The van der Waals surface area contributed by atoms with Crippen molar-refractivity contribution >= 4 is 0 Å². The maximum Gasteiger partial charge on any atom is 0.00682 e. The monoisotopic (exact) mass is 156 g/mol. The molecule has 1 fully saturated rings. The number of hydrogen-bond donors (Lipinski definition) is 2. The molecule has 0 aromatic carbocycles. The van der Waals surface area contributed by atoms with E-state index in [9.17, 15) is 0 Å². The Labute approximate surface area is 69.5 Å². The van der Waals surface area contributed by atoms with E-state index in [2.05, 4.69) is 12.2 Å². The van der Waals surface area contributed by atoms with Gasteiger partial charge in [0.15, 0.2) is 0 Å².